The topological polar surface area (TPSA) is 37.3 Å². The Morgan fingerprint density at radius 1 is 1.09 bits per heavy atom. The van der Waals surface area contributed by atoms with Crippen LogP contribution in [0.2, 0.25) is 0 Å². The van der Waals surface area contributed by atoms with E-state index in [1.54, 1.807) is 28.7 Å². The average Bonchev–Trinajstić information content (AvgIpc) is 3.17. The highest BCUT2D eigenvalue weighted by atomic mass is 32.1. The molecule has 0 aliphatic rings. The van der Waals surface area contributed by atoms with Crippen LogP contribution in [-0.2, 0) is 6.42 Å². The van der Waals surface area contributed by atoms with Crippen molar-refractivity contribution in [3.63, 3.8) is 0 Å². The number of carbonyl (C=O) groups is 1. The molecule has 0 saturated carbocycles. The number of rotatable bonds is 4. The van der Waals surface area contributed by atoms with Crippen LogP contribution < -0.4 is 0 Å². The molecule has 0 spiro atoms. The highest BCUT2D eigenvalue weighted by Gasteiger charge is 2.15. The lowest BCUT2D eigenvalue weighted by atomic mass is 9.94. The Hall–Kier alpha value is -1.91. The predicted molar refractivity (Wildman–Crippen MR) is 94.1 cm³/mol. The zero-order valence-electron chi connectivity index (χ0n) is 12.4. The first-order valence-corrected chi connectivity index (χ1v) is 8.81. The number of thiophene rings is 2. The van der Waals surface area contributed by atoms with Crippen molar-refractivity contribution in [3.8, 4) is 20.2 Å². The monoisotopic (exact) mass is 328 g/mol. The van der Waals surface area contributed by atoms with Crippen molar-refractivity contribution in [2.24, 2.45) is 0 Å². The van der Waals surface area contributed by atoms with Gasteiger partial charge in [0.05, 0.1) is 5.56 Å². The summed E-state index contributed by atoms with van der Waals surface area (Å²) < 4.78 is 0. The predicted octanol–water partition coefficient (Wildman–Crippen LogP) is 5.71. The first-order valence-electron chi connectivity index (χ1n) is 7.11. The molecule has 4 heteroatoms. The summed E-state index contributed by atoms with van der Waals surface area (Å²) in [6.45, 7) is 4.02. The second-order valence-electron chi connectivity index (χ2n) is 5.06. The molecule has 0 radical (unpaired) electrons. The average molecular weight is 328 g/mol. The molecule has 2 heterocycles. The first kappa shape index (κ1) is 15.0. The lowest BCUT2D eigenvalue weighted by Crippen LogP contribution is -2.04. The van der Waals surface area contributed by atoms with Crippen LogP contribution in [0.3, 0.4) is 0 Å². The summed E-state index contributed by atoms with van der Waals surface area (Å²) in [6.07, 6.45) is 0.727. The van der Waals surface area contributed by atoms with Gasteiger partial charge in [0.2, 0.25) is 0 Å². The maximum atomic E-state index is 11.3. The molecular weight excluding hydrogens is 312 g/mol. The van der Waals surface area contributed by atoms with Crippen molar-refractivity contribution in [2.45, 2.75) is 20.3 Å². The van der Waals surface area contributed by atoms with E-state index in [-0.39, 0.29) is 0 Å². The lowest BCUT2D eigenvalue weighted by molar-refractivity contribution is 0.0695. The molecule has 0 bridgehead atoms. The smallest absolute Gasteiger partial charge is 0.335 e. The second kappa shape index (κ2) is 6.07. The van der Waals surface area contributed by atoms with Gasteiger partial charge >= 0.3 is 5.97 Å². The van der Waals surface area contributed by atoms with Gasteiger partial charge in [-0.2, -0.15) is 0 Å². The Balaban J connectivity index is 2.07. The summed E-state index contributed by atoms with van der Waals surface area (Å²) in [5.41, 5.74) is 3.55. The molecule has 22 heavy (non-hydrogen) atoms. The highest BCUT2D eigenvalue weighted by molar-refractivity contribution is 7.23. The number of hydrogen-bond donors (Lipinski definition) is 1. The van der Waals surface area contributed by atoms with Gasteiger partial charge in [-0.1, -0.05) is 19.1 Å². The summed E-state index contributed by atoms with van der Waals surface area (Å²) in [5, 5.41) is 11.4. The molecule has 1 N–H and O–H groups in total. The van der Waals surface area contributed by atoms with Crippen LogP contribution in [0.1, 0.15) is 28.4 Å². The summed E-state index contributed by atoms with van der Waals surface area (Å²) >= 11 is 3.49. The Labute approximate surface area is 137 Å². The van der Waals surface area contributed by atoms with E-state index in [4.69, 9.17) is 0 Å². The van der Waals surface area contributed by atoms with Crippen molar-refractivity contribution >= 4 is 28.6 Å². The molecule has 0 aliphatic carbocycles. The van der Waals surface area contributed by atoms with E-state index in [0.29, 0.717) is 5.56 Å². The van der Waals surface area contributed by atoms with Crippen molar-refractivity contribution in [3.05, 3.63) is 58.5 Å². The molecule has 1 aromatic carbocycles. The third-order valence-corrected chi connectivity index (χ3v) is 6.00. The quantitative estimate of drug-likeness (QED) is 0.666. The molecule has 2 nitrogen and oxygen atoms in total. The van der Waals surface area contributed by atoms with E-state index in [1.807, 2.05) is 19.9 Å². The van der Waals surface area contributed by atoms with Gasteiger partial charge in [0.1, 0.15) is 0 Å². The number of benzene rings is 1. The molecule has 0 unspecified atom stereocenters. The van der Waals surface area contributed by atoms with E-state index in [0.717, 1.165) is 23.1 Å². The molecule has 0 aliphatic heterocycles. The molecule has 2 aromatic heterocycles. The lowest BCUT2D eigenvalue weighted by Gasteiger charge is -2.12. The van der Waals surface area contributed by atoms with Crippen molar-refractivity contribution < 1.29 is 9.90 Å². The van der Waals surface area contributed by atoms with Gasteiger partial charge < -0.3 is 5.11 Å². The van der Waals surface area contributed by atoms with Crippen molar-refractivity contribution in [1.82, 2.24) is 0 Å². The third-order valence-electron chi connectivity index (χ3n) is 3.82. The van der Waals surface area contributed by atoms with Crippen LogP contribution in [0.25, 0.3) is 20.2 Å². The molecule has 3 rings (SSSR count). The summed E-state index contributed by atoms with van der Waals surface area (Å²) in [7, 11) is 0. The van der Waals surface area contributed by atoms with E-state index >= 15 is 0 Å². The zero-order chi connectivity index (χ0) is 15.7. The summed E-state index contributed by atoms with van der Waals surface area (Å²) in [5.74, 6) is -0.850. The molecule has 0 atom stereocenters. The van der Waals surface area contributed by atoms with Crippen LogP contribution in [0.15, 0.2) is 41.8 Å². The minimum atomic E-state index is -0.850. The van der Waals surface area contributed by atoms with Crippen molar-refractivity contribution in [1.29, 1.82) is 0 Å². The summed E-state index contributed by atoms with van der Waals surface area (Å²) in [6, 6.07) is 12.1. The number of hydrogen-bond acceptors (Lipinski definition) is 3. The molecule has 0 amide bonds. The fourth-order valence-electron chi connectivity index (χ4n) is 2.71. The van der Waals surface area contributed by atoms with Crippen molar-refractivity contribution in [2.75, 3.05) is 0 Å². The Bertz CT molecular complexity index is 814. The maximum Gasteiger partial charge on any atom is 0.335 e. The van der Waals surface area contributed by atoms with E-state index in [2.05, 4.69) is 29.6 Å². The standard InChI is InChI=1S/C18H16O2S2/c1-3-12-11(2)13(6-7-14(12)18(19)20)15-8-9-17(22-15)16-5-4-10-21-16/h4-10H,3H2,1-2H3,(H,19,20). The fraction of sp³-hybridized carbons (Fsp3) is 0.167. The molecule has 0 fully saturated rings. The van der Waals surface area contributed by atoms with Gasteiger partial charge in [-0.05, 0) is 59.7 Å². The Morgan fingerprint density at radius 3 is 2.50 bits per heavy atom. The third kappa shape index (κ3) is 2.60. The number of aromatic carboxylic acids is 1. The van der Waals surface area contributed by atoms with Gasteiger partial charge in [0.15, 0.2) is 0 Å². The highest BCUT2D eigenvalue weighted by Crippen LogP contribution is 2.38. The van der Waals surface area contributed by atoms with Gasteiger partial charge in [-0.3, -0.25) is 0 Å². The van der Waals surface area contributed by atoms with Crippen LogP contribution in [0.5, 0.6) is 0 Å². The minimum absolute atomic E-state index is 0.416. The summed E-state index contributed by atoms with van der Waals surface area (Å²) in [4.78, 5) is 15.1. The van der Waals surface area contributed by atoms with E-state index in [1.165, 1.54) is 14.6 Å². The molecule has 3 aromatic rings. The van der Waals surface area contributed by atoms with Crippen LogP contribution in [-0.4, -0.2) is 11.1 Å². The number of carboxylic acid groups (broad SMARTS) is 1. The van der Waals surface area contributed by atoms with E-state index < -0.39 is 5.97 Å². The van der Waals surface area contributed by atoms with E-state index in [9.17, 15) is 9.90 Å². The SMILES string of the molecule is CCc1c(C(=O)O)ccc(-c2ccc(-c3cccs3)s2)c1C. The first-order chi connectivity index (χ1) is 10.6. The fourth-order valence-corrected chi connectivity index (χ4v) is 4.64. The van der Waals surface area contributed by atoms with Gasteiger partial charge in [-0.15, -0.1) is 22.7 Å². The Morgan fingerprint density at radius 2 is 1.86 bits per heavy atom. The maximum absolute atomic E-state index is 11.3. The second-order valence-corrected chi connectivity index (χ2v) is 7.10. The Kier molecular flexibility index (Phi) is 4.14. The van der Waals surface area contributed by atoms with Crippen LogP contribution in [0.4, 0.5) is 0 Å². The minimum Gasteiger partial charge on any atom is -0.478 e. The van der Waals surface area contributed by atoms with Gasteiger partial charge in [0.25, 0.3) is 0 Å². The largest absolute Gasteiger partial charge is 0.478 e. The van der Waals surface area contributed by atoms with Gasteiger partial charge in [-0.25, -0.2) is 4.79 Å². The number of carboxylic acids is 1. The van der Waals surface area contributed by atoms with Gasteiger partial charge in [0, 0.05) is 14.6 Å². The normalized spacial score (nSPS) is 10.8. The molecular formula is C18H16O2S2. The zero-order valence-corrected chi connectivity index (χ0v) is 14.1. The molecule has 112 valence electrons. The van der Waals surface area contributed by atoms with Crippen LogP contribution in [0, 0.1) is 6.92 Å². The van der Waals surface area contributed by atoms with Crippen LogP contribution >= 0.6 is 22.7 Å². The molecule has 0 saturated heterocycles.